The number of carboxylic acid groups (broad SMARTS) is 1. The highest BCUT2D eigenvalue weighted by Crippen LogP contribution is 2.31. The Bertz CT molecular complexity index is 925. The van der Waals surface area contributed by atoms with Gasteiger partial charge in [-0.1, -0.05) is 50.1 Å². The van der Waals surface area contributed by atoms with Gasteiger partial charge in [-0.3, -0.25) is 14.5 Å². The number of carboxylic acids is 1. The van der Waals surface area contributed by atoms with Gasteiger partial charge in [0.15, 0.2) is 0 Å². The van der Waals surface area contributed by atoms with Gasteiger partial charge in [-0.05, 0) is 37.3 Å². The molecule has 0 fully saturated rings. The summed E-state index contributed by atoms with van der Waals surface area (Å²) in [5, 5.41) is 12.4. The van der Waals surface area contributed by atoms with E-state index < -0.39 is 36.0 Å². The molecule has 192 valence electrons. The number of rotatable bonds is 15. The second kappa shape index (κ2) is 14.5. The number of benzene rings is 1. The predicted octanol–water partition coefficient (Wildman–Crippen LogP) is 3.79. The van der Waals surface area contributed by atoms with Gasteiger partial charge in [0.05, 0.1) is 18.6 Å². The zero-order valence-electron chi connectivity index (χ0n) is 20.8. The highest BCUT2D eigenvalue weighted by Gasteiger charge is 2.40. The molecule has 0 radical (unpaired) electrons. The van der Waals surface area contributed by atoms with Crippen LogP contribution in [-0.2, 0) is 19.1 Å². The predicted molar refractivity (Wildman–Crippen MR) is 137 cm³/mol. The molecule has 2 amide bonds. The van der Waals surface area contributed by atoms with Crippen molar-refractivity contribution in [1.82, 2.24) is 15.3 Å². The van der Waals surface area contributed by atoms with Crippen LogP contribution in [0.2, 0.25) is 0 Å². The van der Waals surface area contributed by atoms with E-state index in [1.54, 1.807) is 0 Å². The van der Waals surface area contributed by atoms with Crippen molar-refractivity contribution in [2.75, 3.05) is 16.9 Å². The van der Waals surface area contributed by atoms with E-state index in [9.17, 15) is 19.5 Å². The number of anilines is 1. The average Bonchev–Trinajstić information content (AvgIpc) is 3.36. The van der Waals surface area contributed by atoms with E-state index in [2.05, 4.69) is 22.2 Å². The number of nitrogens with zero attached hydrogens (tertiary/aromatic N) is 2. The van der Waals surface area contributed by atoms with Crippen LogP contribution in [0.25, 0.3) is 0 Å². The summed E-state index contributed by atoms with van der Waals surface area (Å²) >= 11 is 1.49. The molecule has 0 aliphatic carbocycles. The molecule has 1 unspecified atom stereocenters. The minimum Gasteiger partial charge on any atom is -0.480 e. The molecule has 4 atom stereocenters. The summed E-state index contributed by atoms with van der Waals surface area (Å²) in [6.45, 7) is 5.38. The van der Waals surface area contributed by atoms with Crippen LogP contribution in [0, 0.1) is 0 Å². The number of aromatic amines is 1. The minimum atomic E-state index is -1.17. The average molecular weight is 505 g/mol. The zero-order valence-corrected chi connectivity index (χ0v) is 21.6. The SMILES string of the molecule is CCCC[C@H](C)OC(c1ccccc1)[C@@H](C(=O)N[C@@H](CCSC)C(=O)O)N(C(C)=O)c1cnc[nH]1. The van der Waals surface area contributed by atoms with Gasteiger partial charge in [0.2, 0.25) is 11.8 Å². The minimum absolute atomic E-state index is 0.196. The maximum absolute atomic E-state index is 13.8. The van der Waals surface area contributed by atoms with E-state index in [1.807, 2.05) is 43.5 Å². The topological polar surface area (TPSA) is 125 Å². The van der Waals surface area contributed by atoms with Crippen LogP contribution < -0.4 is 10.2 Å². The zero-order chi connectivity index (χ0) is 25.8. The monoisotopic (exact) mass is 504 g/mol. The molecule has 0 spiro atoms. The highest BCUT2D eigenvalue weighted by molar-refractivity contribution is 7.98. The normalized spacial score (nSPS) is 14.5. The van der Waals surface area contributed by atoms with Crippen LogP contribution in [0.1, 0.15) is 58.1 Å². The van der Waals surface area contributed by atoms with Gasteiger partial charge in [0, 0.05) is 6.92 Å². The lowest BCUT2D eigenvalue weighted by Gasteiger charge is -2.36. The second-order valence-electron chi connectivity index (χ2n) is 8.37. The third-order valence-corrected chi connectivity index (χ3v) is 6.26. The maximum atomic E-state index is 13.8. The molecule has 9 nitrogen and oxygen atoms in total. The molecule has 0 aliphatic heterocycles. The van der Waals surface area contributed by atoms with E-state index in [0.29, 0.717) is 17.1 Å². The van der Waals surface area contributed by atoms with Gasteiger partial charge in [-0.2, -0.15) is 11.8 Å². The number of nitrogens with one attached hydrogen (secondary N) is 2. The molecule has 2 aromatic rings. The fourth-order valence-corrected chi connectivity index (χ4v) is 4.30. The van der Waals surface area contributed by atoms with Crippen molar-refractivity contribution in [3.05, 3.63) is 48.4 Å². The third kappa shape index (κ3) is 8.40. The summed E-state index contributed by atoms with van der Waals surface area (Å²) in [7, 11) is 0. The third-order valence-electron chi connectivity index (χ3n) is 5.61. The van der Waals surface area contributed by atoms with Crippen LogP contribution in [0.5, 0.6) is 0 Å². The molecule has 1 heterocycles. The molecule has 35 heavy (non-hydrogen) atoms. The van der Waals surface area contributed by atoms with Crippen molar-refractivity contribution >= 4 is 35.4 Å². The lowest BCUT2D eigenvalue weighted by Crippen LogP contribution is -2.56. The first-order chi connectivity index (χ1) is 16.8. The quantitative estimate of drug-likeness (QED) is 0.337. The van der Waals surface area contributed by atoms with Gasteiger partial charge in [-0.25, -0.2) is 9.78 Å². The van der Waals surface area contributed by atoms with Crippen molar-refractivity contribution in [2.45, 2.75) is 70.7 Å². The summed E-state index contributed by atoms with van der Waals surface area (Å²) in [6.07, 6.45) is 6.68. The Kier molecular flexibility index (Phi) is 11.8. The first-order valence-corrected chi connectivity index (χ1v) is 13.2. The number of H-pyrrole nitrogens is 1. The number of hydrogen-bond acceptors (Lipinski definition) is 6. The van der Waals surface area contributed by atoms with Crippen LogP contribution >= 0.6 is 11.8 Å². The standard InChI is InChI=1S/C25H36N4O5S/c1-5-6-10-17(2)34-23(19-11-8-7-9-12-19)22(29(18(3)30)21-15-26-16-27-21)24(31)28-20(25(32)33)13-14-35-4/h7-9,11-12,15-17,20,22-23H,5-6,10,13-14H2,1-4H3,(H,26,27)(H,28,31)(H,32,33)/t17-,20-,22-,23?/m0/s1. The molecule has 1 aromatic heterocycles. The Morgan fingerprint density at radius 1 is 1.23 bits per heavy atom. The van der Waals surface area contributed by atoms with Crippen molar-refractivity contribution in [2.24, 2.45) is 0 Å². The van der Waals surface area contributed by atoms with Gasteiger partial charge in [0.1, 0.15) is 24.0 Å². The lowest BCUT2D eigenvalue weighted by molar-refractivity contribution is -0.143. The molecule has 3 N–H and O–H groups in total. The maximum Gasteiger partial charge on any atom is 0.326 e. The smallest absolute Gasteiger partial charge is 0.326 e. The molecule has 10 heteroatoms. The van der Waals surface area contributed by atoms with Gasteiger partial charge in [0.25, 0.3) is 0 Å². The lowest BCUT2D eigenvalue weighted by atomic mass is 9.98. The Morgan fingerprint density at radius 3 is 2.49 bits per heavy atom. The number of aliphatic carboxylic acids is 1. The Labute approximate surface area is 211 Å². The Balaban J connectivity index is 2.55. The van der Waals surface area contributed by atoms with Crippen LogP contribution in [0.4, 0.5) is 5.82 Å². The van der Waals surface area contributed by atoms with Crippen molar-refractivity contribution in [3.63, 3.8) is 0 Å². The molecule has 0 saturated heterocycles. The van der Waals surface area contributed by atoms with E-state index in [4.69, 9.17) is 4.74 Å². The van der Waals surface area contributed by atoms with E-state index >= 15 is 0 Å². The molecule has 1 aromatic carbocycles. The van der Waals surface area contributed by atoms with Crippen molar-refractivity contribution in [1.29, 1.82) is 0 Å². The van der Waals surface area contributed by atoms with Crippen molar-refractivity contribution < 1.29 is 24.2 Å². The first kappa shape index (κ1) is 28.4. The molecule has 0 aliphatic rings. The molecule has 2 rings (SSSR count). The summed E-state index contributed by atoms with van der Waals surface area (Å²) in [5.74, 6) is -1.27. The summed E-state index contributed by atoms with van der Waals surface area (Å²) in [5.41, 5.74) is 0.706. The van der Waals surface area contributed by atoms with Crippen LogP contribution in [0.3, 0.4) is 0 Å². The number of carbonyl (C=O) groups excluding carboxylic acids is 2. The van der Waals surface area contributed by atoms with E-state index in [0.717, 1.165) is 19.3 Å². The molecule has 0 bridgehead atoms. The van der Waals surface area contributed by atoms with Gasteiger partial charge < -0.3 is 20.1 Å². The number of aromatic nitrogens is 2. The molecular formula is C25H36N4O5S. The fourth-order valence-electron chi connectivity index (χ4n) is 3.82. The number of thioether (sulfide) groups is 1. The number of hydrogen-bond donors (Lipinski definition) is 3. The number of unbranched alkanes of at least 4 members (excludes halogenated alkanes) is 1. The number of ether oxygens (including phenoxy) is 1. The number of carbonyl (C=O) groups is 3. The van der Waals surface area contributed by atoms with Crippen LogP contribution in [-0.4, -0.2) is 63.1 Å². The number of imidazole rings is 1. The van der Waals surface area contributed by atoms with E-state index in [1.165, 1.54) is 36.1 Å². The largest absolute Gasteiger partial charge is 0.480 e. The summed E-state index contributed by atoms with van der Waals surface area (Å²) in [4.78, 5) is 46.8. The fraction of sp³-hybridized carbons (Fsp3) is 0.520. The first-order valence-electron chi connectivity index (χ1n) is 11.8. The van der Waals surface area contributed by atoms with Gasteiger partial charge in [-0.15, -0.1) is 0 Å². The highest BCUT2D eigenvalue weighted by atomic mass is 32.2. The Hall–Kier alpha value is -2.85. The van der Waals surface area contributed by atoms with Crippen LogP contribution in [0.15, 0.2) is 42.9 Å². The van der Waals surface area contributed by atoms with E-state index in [-0.39, 0.29) is 12.5 Å². The second-order valence-corrected chi connectivity index (χ2v) is 9.36. The molecular weight excluding hydrogens is 468 g/mol. The molecule has 0 saturated carbocycles. The van der Waals surface area contributed by atoms with Gasteiger partial charge >= 0.3 is 5.97 Å². The summed E-state index contributed by atoms with van der Waals surface area (Å²) in [6, 6.07) is 6.94. The number of amides is 2. The Morgan fingerprint density at radius 2 is 1.94 bits per heavy atom. The van der Waals surface area contributed by atoms with Crippen molar-refractivity contribution in [3.8, 4) is 0 Å². The summed E-state index contributed by atoms with van der Waals surface area (Å²) < 4.78 is 6.43.